The maximum atomic E-state index is 11.6. The summed E-state index contributed by atoms with van der Waals surface area (Å²) in [4.78, 5) is 12.3. The number of halogens is 1. The third-order valence-electron chi connectivity index (χ3n) is 3.10. The molecule has 0 fully saturated rings. The first-order valence-electron chi connectivity index (χ1n) is 6.23. The van der Waals surface area contributed by atoms with Crippen LogP contribution in [-0.2, 0) is 9.84 Å². The molecule has 9 heteroatoms. The van der Waals surface area contributed by atoms with Gasteiger partial charge in [0.05, 0.1) is 0 Å². The number of aryl methyl sites for hydroxylation is 1. The molecule has 2 aromatic heterocycles. The van der Waals surface area contributed by atoms with Crippen molar-refractivity contribution in [3.05, 3.63) is 40.6 Å². The first-order chi connectivity index (χ1) is 10.3. The van der Waals surface area contributed by atoms with E-state index in [0.29, 0.717) is 17.1 Å². The number of ether oxygens (including phenoxy) is 1. The first-order valence-corrected chi connectivity index (χ1v) is 9.90. The zero-order chi connectivity index (χ0) is 16.5. The first kappa shape index (κ1) is 17.2. The zero-order valence-corrected chi connectivity index (χ0v) is 16.2. The fourth-order valence-corrected chi connectivity index (χ4v) is 4.08. The molecule has 0 saturated carbocycles. The van der Waals surface area contributed by atoms with Crippen molar-refractivity contribution in [3.8, 4) is 5.75 Å². The van der Waals surface area contributed by atoms with Crippen LogP contribution < -0.4 is 4.74 Å². The van der Waals surface area contributed by atoms with Crippen LogP contribution in [0.3, 0.4) is 0 Å². The Morgan fingerprint density at radius 3 is 2.55 bits per heavy atom. The van der Waals surface area contributed by atoms with Crippen molar-refractivity contribution in [2.45, 2.75) is 16.7 Å². The van der Waals surface area contributed by atoms with Gasteiger partial charge in [-0.2, -0.15) is 0 Å². The predicted molar refractivity (Wildman–Crippen MR) is 86.1 cm³/mol. The molecule has 0 bridgehead atoms. The summed E-state index contributed by atoms with van der Waals surface area (Å²) in [5, 5.41) is 0.301. The predicted octanol–water partition coefficient (Wildman–Crippen LogP) is 0.968. The summed E-state index contributed by atoms with van der Waals surface area (Å²) in [6.07, 6.45) is 2.51. The second-order valence-corrected chi connectivity index (χ2v) is 8.38. The second kappa shape index (κ2) is 6.52. The van der Waals surface area contributed by atoms with Crippen LogP contribution in [0.2, 0.25) is 5.15 Å². The minimum atomic E-state index is -3.33. The van der Waals surface area contributed by atoms with E-state index in [-0.39, 0.29) is 14.9 Å². The van der Waals surface area contributed by atoms with E-state index in [9.17, 15) is 8.42 Å². The summed E-state index contributed by atoms with van der Waals surface area (Å²) in [5.74, 6) is 0.421. The number of nitrogens with zero attached hydrogens (tertiary/aromatic N) is 3. The van der Waals surface area contributed by atoms with Crippen molar-refractivity contribution in [1.82, 2.24) is 15.0 Å². The Bertz CT molecular complexity index is 814. The number of rotatable bonds is 4. The molecule has 0 aromatic carbocycles. The van der Waals surface area contributed by atoms with E-state index in [1.54, 1.807) is 13.0 Å². The molecule has 0 aliphatic carbocycles. The molecular weight excluding hydrogens is 389 g/mol. The Hall–Kier alpha value is -1.17. The molecule has 2 rings (SSSR count). The molecular formula is C13H15AsClN3O3S. The molecule has 0 saturated heterocycles. The molecule has 2 aromatic rings. The van der Waals surface area contributed by atoms with E-state index >= 15 is 0 Å². The Morgan fingerprint density at radius 2 is 2.00 bits per heavy atom. The quantitative estimate of drug-likeness (QED) is 0.559. The van der Waals surface area contributed by atoms with E-state index in [2.05, 4.69) is 15.0 Å². The third kappa shape index (κ3) is 3.42. The van der Waals surface area contributed by atoms with Gasteiger partial charge in [-0.25, -0.2) is 0 Å². The van der Waals surface area contributed by atoms with Crippen LogP contribution in [0.15, 0.2) is 23.5 Å². The molecule has 6 nitrogen and oxygen atoms in total. The molecule has 0 radical (unpaired) electrons. The summed E-state index contributed by atoms with van der Waals surface area (Å²) < 4.78 is 28.3. The Kier molecular flexibility index (Phi) is 5.10. The molecule has 2 heterocycles. The van der Waals surface area contributed by atoms with Gasteiger partial charge in [-0.15, -0.1) is 0 Å². The molecule has 0 N–H and O–H groups in total. The van der Waals surface area contributed by atoms with E-state index in [1.165, 1.54) is 36.4 Å². The van der Waals surface area contributed by atoms with Gasteiger partial charge in [0.25, 0.3) is 0 Å². The number of aromatic nitrogens is 3. The van der Waals surface area contributed by atoms with Crippen molar-refractivity contribution >= 4 is 38.3 Å². The standard InChI is InChI=1S/C13H15AsClN3O3S/c1-7-8(4-5-9(18-7)22(3,19)20)10(14)11-12(21-2)13(15)17-6-16-11/h4-6,10H,14H2,1-3H3. The fraction of sp³-hybridized carbons (Fsp3) is 0.308. The molecule has 0 spiro atoms. The molecule has 22 heavy (non-hydrogen) atoms. The van der Waals surface area contributed by atoms with Gasteiger partial charge in [-0.3, -0.25) is 0 Å². The van der Waals surface area contributed by atoms with Gasteiger partial charge in [0, 0.05) is 0 Å². The summed E-state index contributed by atoms with van der Waals surface area (Å²) in [6, 6.07) is 3.25. The summed E-state index contributed by atoms with van der Waals surface area (Å²) in [6.45, 7) is 1.77. The molecule has 118 valence electrons. The Balaban J connectivity index is 2.51. The summed E-state index contributed by atoms with van der Waals surface area (Å²) >= 11 is 7.41. The SMILES string of the molecule is COc1c(Cl)ncnc1C([AsH2])c1ccc(S(C)(=O)=O)nc1C. The normalized spacial score (nSPS) is 13.0. The van der Waals surface area contributed by atoms with Crippen LogP contribution in [0, 0.1) is 6.92 Å². The van der Waals surface area contributed by atoms with E-state index in [0.717, 1.165) is 11.8 Å². The van der Waals surface area contributed by atoms with Gasteiger partial charge >= 0.3 is 143 Å². The molecule has 2 atom stereocenters. The number of methoxy groups -OCH3 is 1. The molecule has 0 aliphatic heterocycles. The number of pyridine rings is 1. The van der Waals surface area contributed by atoms with Gasteiger partial charge in [-0.05, 0) is 0 Å². The van der Waals surface area contributed by atoms with Crippen molar-refractivity contribution in [1.29, 1.82) is 0 Å². The number of hydrogen-bond acceptors (Lipinski definition) is 6. The van der Waals surface area contributed by atoms with Gasteiger partial charge in [0.1, 0.15) is 0 Å². The number of hydrogen-bond donors (Lipinski definition) is 0. The van der Waals surface area contributed by atoms with E-state index in [1.807, 2.05) is 0 Å². The van der Waals surface area contributed by atoms with Gasteiger partial charge in [-0.1, -0.05) is 0 Å². The monoisotopic (exact) mass is 403 g/mol. The van der Waals surface area contributed by atoms with Crippen LogP contribution in [0.1, 0.15) is 21.7 Å². The van der Waals surface area contributed by atoms with Crippen LogP contribution in [0.5, 0.6) is 5.75 Å². The maximum absolute atomic E-state index is 11.6. The minimum absolute atomic E-state index is 0.0566. The van der Waals surface area contributed by atoms with Crippen LogP contribution in [0.4, 0.5) is 0 Å². The van der Waals surface area contributed by atoms with Crippen molar-refractivity contribution in [3.63, 3.8) is 0 Å². The molecule has 2 unspecified atom stereocenters. The van der Waals surface area contributed by atoms with Gasteiger partial charge in [0.15, 0.2) is 0 Å². The molecule has 0 amide bonds. The third-order valence-corrected chi connectivity index (χ3v) is 5.78. The zero-order valence-electron chi connectivity index (χ0n) is 12.2. The average Bonchev–Trinajstić information content (AvgIpc) is 2.45. The summed E-state index contributed by atoms with van der Waals surface area (Å²) in [7, 11) is -1.82. The number of sulfone groups is 1. The van der Waals surface area contributed by atoms with Crippen LogP contribution in [0.25, 0.3) is 0 Å². The van der Waals surface area contributed by atoms with E-state index < -0.39 is 9.84 Å². The topological polar surface area (TPSA) is 82.0 Å². The van der Waals surface area contributed by atoms with Gasteiger partial charge < -0.3 is 0 Å². The Morgan fingerprint density at radius 1 is 1.32 bits per heavy atom. The van der Waals surface area contributed by atoms with E-state index in [4.69, 9.17) is 16.3 Å². The second-order valence-electron chi connectivity index (χ2n) is 4.66. The molecule has 0 aliphatic rings. The average molecular weight is 404 g/mol. The van der Waals surface area contributed by atoms with Gasteiger partial charge in [0.2, 0.25) is 0 Å². The van der Waals surface area contributed by atoms with Crippen molar-refractivity contribution in [2.24, 2.45) is 0 Å². The summed E-state index contributed by atoms with van der Waals surface area (Å²) in [5.41, 5.74) is 2.16. The van der Waals surface area contributed by atoms with Crippen molar-refractivity contribution in [2.75, 3.05) is 13.4 Å². The fourth-order valence-electron chi connectivity index (χ4n) is 2.01. The Labute approximate surface area is 142 Å². The van der Waals surface area contributed by atoms with Crippen LogP contribution >= 0.6 is 11.6 Å². The van der Waals surface area contributed by atoms with Crippen molar-refractivity contribution < 1.29 is 13.2 Å². The van der Waals surface area contributed by atoms with Crippen LogP contribution in [-0.4, -0.2) is 53.6 Å².